The summed E-state index contributed by atoms with van der Waals surface area (Å²) >= 11 is 6.35. The third kappa shape index (κ3) is 12.6. The molecule has 0 unspecified atom stereocenters. The van der Waals surface area contributed by atoms with Crippen molar-refractivity contribution in [3.05, 3.63) is 161 Å². The van der Waals surface area contributed by atoms with E-state index in [-0.39, 0.29) is 46.9 Å². The number of nitrogens with zero attached hydrogens (tertiary/aromatic N) is 7. The molecule has 1 saturated heterocycles. The highest BCUT2D eigenvalue weighted by atomic mass is 35.5. The molecule has 2 aliphatic rings. The van der Waals surface area contributed by atoms with E-state index in [1.165, 1.54) is 45.6 Å². The van der Waals surface area contributed by atoms with Gasteiger partial charge >= 0.3 is 12.1 Å². The fourth-order valence-corrected chi connectivity index (χ4v) is 8.48. The summed E-state index contributed by atoms with van der Waals surface area (Å²) in [6.45, 7) is 7.66. The minimum atomic E-state index is -4.72. The molecule has 396 valence electrons. The van der Waals surface area contributed by atoms with Gasteiger partial charge in [-0.3, -0.25) is 14.6 Å². The monoisotopic (exact) mass is 1070 g/mol. The lowest BCUT2D eigenvalue weighted by molar-refractivity contribution is -0.137. The fourth-order valence-electron chi connectivity index (χ4n) is 8.31. The molecule has 4 heterocycles. The summed E-state index contributed by atoms with van der Waals surface area (Å²) < 4.78 is 72.5. The standard InChI is InChI=1S/C27H20ClFN4O4.C27H28F3N7O3/c1-36-21-5-3-4-20(29)23(21)25-19-10-15(28)6-8-17(19)24-14(12-30-25)13-31-27(33-24)32-16-7-9-18(26(34)35)22(11-16)37-2;1-4-24(39)32-18-6-5-7-19(14-18)33-25-21(27(28,29)30)16-31-26(35-25)34-22-9-8-20(15-23(22)40-3)37-12-10-36(11-13-37)17(2)38/h3-11,13H,12H2,1-2H3,(H,34,35)(H,31,32,33);4-9,14-16H,1,10-13H2,2-3H3,(H,32,39)(H2,31,33,34,35). The molecule has 1 fully saturated rings. The number of carbonyl (C=O) groups is 3. The molecule has 2 amide bonds. The van der Waals surface area contributed by atoms with Crippen molar-refractivity contribution in [1.29, 1.82) is 0 Å². The number of aliphatic imine (C=N–C) groups is 1. The van der Waals surface area contributed by atoms with E-state index in [0.717, 1.165) is 17.3 Å². The van der Waals surface area contributed by atoms with Crippen LogP contribution in [0, 0.1) is 5.82 Å². The van der Waals surface area contributed by atoms with Crippen molar-refractivity contribution in [2.75, 3.05) is 73.7 Å². The van der Waals surface area contributed by atoms with Gasteiger partial charge in [0.2, 0.25) is 23.7 Å². The normalized spacial score (nSPS) is 12.8. The van der Waals surface area contributed by atoms with Gasteiger partial charge in [0, 0.05) is 102 Å². The lowest BCUT2D eigenvalue weighted by atomic mass is 9.94. The maximum absolute atomic E-state index is 15.0. The van der Waals surface area contributed by atoms with Crippen LogP contribution < -0.4 is 40.4 Å². The second kappa shape index (κ2) is 23.5. The van der Waals surface area contributed by atoms with Crippen LogP contribution in [-0.2, 0) is 22.3 Å². The lowest BCUT2D eigenvalue weighted by Gasteiger charge is -2.35. The average molecular weight is 1070 g/mol. The van der Waals surface area contributed by atoms with Gasteiger partial charge in [0.1, 0.15) is 40.0 Å². The molecule has 0 aliphatic carbocycles. The van der Waals surface area contributed by atoms with Crippen molar-refractivity contribution in [3.8, 4) is 28.5 Å². The SMILES string of the molecule is C=CC(=O)Nc1cccc(Nc2nc(Nc3ccc(N4CCN(C(C)=O)CC4)cc3OC)ncc2C(F)(F)F)c1.COc1cc(Nc2ncc3c(n2)-c2ccc(Cl)cc2C(c2c(F)cccc2OC)=NC3)ccc1C(=O)O. The third-order valence-corrected chi connectivity index (χ3v) is 12.3. The van der Waals surface area contributed by atoms with Crippen molar-refractivity contribution >= 4 is 81.2 Å². The number of hydrogen-bond donors (Lipinski definition) is 5. The number of carbonyl (C=O) groups excluding carboxylic acids is 2. The first-order valence-corrected chi connectivity index (χ1v) is 23.8. The summed E-state index contributed by atoms with van der Waals surface area (Å²) in [4.78, 5) is 60.3. The van der Waals surface area contributed by atoms with E-state index in [9.17, 15) is 32.7 Å². The molecule has 5 N–H and O–H groups in total. The zero-order chi connectivity index (χ0) is 55.0. The number of fused-ring (bicyclic) bond motifs is 3. The van der Waals surface area contributed by atoms with Gasteiger partial charge in [-0.2, -0.15) is 18.2 Å². The summed E-state index contributed by atoms with van der Waals surface area (Å²) in [6.07, 6.45) is -1.30. The number of halogens is 5. The average Bonchev–Trinajstić information content (AvgIpc) is 3.59. The number of hydrogen-bond acceptors (Lipinski definition) is 15. The van der Waals surface area contributed by atoms with Gasteiger partial charge < -0.3 is 50.4 Å². The Bertz CT molecular complexity index is 3430. The predicted octanol–water partition coefficient (Wildman–Crippen LogP) is 10.5. The first-order chi connectivity index (χ1) is 37.0. The minimum absolute atomic E-state index is 0.0364. The van der Waals surface area contributed by atoms with Crippen LogP contribution in [0.15, 0.2) is 127 Å². The maximum atomic E-state index is 15.0. The van der Waals surface area contributed by atoms with Gasteiger partial charge in [-0.25, -0.2) is 24.1 Å². The number of piperazine rings is 1. The van der Waals surface area contributed by atoms with Crippen LogP contribution in [0.4, 0.5) is 63.7 Å². The molecule has 5 aromatic carbocycles. The van der Waals surface area contributed by atoms with Crippen LogP contribution in [-0.4, -0.2) is 101 Å². The Kier molecular flexibility index (Phi) is 16.5. The molecule has 0 spiro atoms. The van der Waals surface area contributed by atoms with E-state index in [2.05, 4.69) is 47.7 Å². The predicted molar refractivity (Wildman–Crippen MR) is 284 cm³/mol. The van der Waals surface area contributed by atoms with Gasteiger partial charge in [-0.15, -0.1) is 0 Å². The zero-order valence-electron chi connectivity index (χ0n) is 41.6. The van der Waals surface area contributed by atoms with Gasteiger partial charge in [-0.05, 0) is 72.8 Å². The summed E-state index contributed by atoms with van der Waals surface area (Å²) in [7, 11) is 4.36. The van der Waals surface area contributed by atoms with Crippen LogP contribution >= 0.6 is 11.6 Å². The number of carboxylic acids is 1. The smallest absolute Gasteiger partial charge is 0.421 e. The highest BCUT2D eigenvalue weighted by Gasteiger charge is 2.36. The number of anilines is 8. The highest BCUT2D eigenvalue weighted by molar-refractivity contribution is 6.31. The largest absolute Gasteiger partial charge is 0.496 e. The van der Waals surface area contributed by atoms with Crippen molar-refractivity contribution in [2.24, 2.45) is 4.99 Å². The van der Waals surface area contributed by atoms with Gasteiger partial charge in [0.25, 0.3) is 0 Å². The third-order valence-electron chi connectivity index (χ3n) is 12.1. The molecule has 9 rings (SSSR count). The number of nitrogens with one attached hydrogen (secondary N) is 4. The minimum Gasteiger partial charge on any atom is -0.496 e. The molecule has 0 radical (unpaired) electrons. The molecule has 0 atom stereocenters. The number of methoxy groups -OCH3 is 3. The molecular weight excluding hydrogens is 1030 g/mol. The van der Waals surface area contributed by atoms with Gasteiger partial charge in [0.05, 0.1) is 50.5 Å². The Morgan fingerprint density at radius 2 is 1.45 bits per heavy atom. The first kappa shape index (κ1) is 54.0. The molecule has 18 nitrogen and oxygen atoms in total. The molecule has 0 bridgehead atoms. The first-order valence-electron chi connectivity index (χ1n) is 23.4. The summed E-state index contributed by atoms with van der Waals surface area (Å²) in [5, 5.41) is 21.0. The van der Waals surface area contributed by atoms with Crippen molar-refractivity contribution in [2.45, 2.75) is 19.6 Å². The van der Waals surface area contributed by atoms with E-state index in [0.29, 0.717) is 88.5 Å². The molecule has 0 saturated carbocycles. The maximum Gasteiger partial charge on any atom is 0.421 e. The second-order valence-electron chi connectivity index (χ2n) is 16.9. The summed E-state index contributed by atoms with van der Waals surface area (Å²) in [5.74, 6) is -1.29. The number of aromatic carboxylic acids is 1. The van der Waals surface area contributed by atoms with E-state index in [1.807, 2.05) is 12.1 Å². The van der Waals surface area contributed by atoms with Crippen LogP contribution in [0.2, 0.25) is 5.02 Å². The van der Waals surface area contributed by atoms with Crippen LogP contribution in [0.5, 0.6) is 17.2 Å². The van der Waals surface area contributed by atoms with Gasteiger partial charge in [0.15, 0.2) is 0 Å². The summed E-state index contributed by atoms with van der Waals surface area (Å²) in [6, 6.07) is 26.0. The van der Waals surface area contributed by atoms with Crippen molar-refractivity contribution < 1.29 is 51.3 Å². The Hall–Kier alpha value is -9.31. The Balaban J connectivity index is 0.000000204. The number of ether oxygens (including phenoxy) is 3. The fraction of sp³-hybridized carbons (Fsp3) is 0.185. The van der Waals surface area contributed by atoms with Crippen molar-refractivity contribution in [3.63, 3.8) is 0 Å². The quantitative estimate of drug-likeness (QED) is 0.0506. The highest BCUT2D eigenvalue weighted by Crippen LogP contribution is 2.39. The zero-order valence-corrected chi connectivity index (χ0v) is 42.4. The Morgan fingerprint density at radius 1 is 0.753 bits per heavy atom. The molecular formula is C54H48ClF4N11O7. The van der Waals surface area contributed by atoms with E-state index in [1.54, 1.807) is 78.7 Å². The molecule has 7 aromatic rings. The summed E-state index contributed by atoms with van der Waals surface area (Å²) in [5.41, 5.74) is 4.75. The number of carboxylic acid groups (broad SMARTS) is 1. The van der Waals surface area contributed by atoms with Crippen LogP contribution in [0.3, 0.4) is 0 Å². The van der Waals surface area contributed by atoms with Crippen LogP contribution in [0.1, 0.15) is 39.5 Å². The molecule has 2 aromatic heterocycles. The van der Waals surface area contributed by atoms with Gasteiger partial charge in [-0.1, -0.05) is 36.4 Å². The molecule has 23 heteroatoms. The number of alkyl halides is 3. The second-order valence-corrected chi connectivity index (χ2v) is 17.4. The van der Waals surface area contributed by atoms with E-state index >= 15 is 4.39 Å². The Labute approximate surface area is 443 Å². The number of benzene rings is 5. The number of rotatable bonds is 14. The van der Waals surface area contributed by atoms with E-state index < -0.39 is 35.3 Å². The Morgan fingerprint density at radius 3 is 2.16 bits per heavy atom. The molecule has 77 heavy (non-hydrogen) atoms. The van der Waals surface area contributed by atoms with E-state index in [4.69, 9.17) is 35.8 Å². The van der Waals surface area contributed by atoms with Crippen LogP contribution in [0.25, 0.3) is 11.3 Å². The lowest BCUT2D eigenvalue weighted by Crippen LogP contribution is -2.48. The number of amides is 2. The van der Waals surface area contributed by atoms with Crippen molar-refractivity contribution in [1.82, 2.24) is 24.8 Å². The molecule has 2 aliphatic heterocycles. The number of aromatic nitrogens is 4. The topological polar surface area (TPSA) is 218 Å².